The highest BCUT2D eigenvalue weighted by molar-refractivity contribution is 6.01. The fraction of sp³-hybridized carbons (Fsp3) is 0.133. The van der Waals surface area contributed by atoms with Crippen LogP contribution in [0.5, 0.6) is 11.5 Å². The lowest BCUT2D eigenvalue weighted by Gasteiger charge is -2.35. The van der Waals surface area contributed by atoms with E-state index in [1.165, 1.54) is 0 Å². The quantitative estimate of drug-likeness (QED) is 0.0887. The van der Waals surface area contributed by atoms with Crippen molar-refractivity contribution in [1.82, 2.24) is 19.9 Å². The molecule has 0 aliphatic rings. The van der Waals surface area contributed by atoms with Crippen molar-refractivity contribution in [2.75, 3.05) is 24.9 Å². The molecule has 4 aromatic heterocycles. The molecular weight excluding hydrogens is 673 g/mol. The molecule has 8 rings (SSSR count). The first kappa shape index (κ1) is 34.2. The summed E-state index contributed by atoms with van der Waals surface area (Å²) in [6, 6.07) is 38.4. The third-order valence-electron chi connectivity index (χ3n) is 10.1. The molecule has 0 saturated carbocycles. The average molecular weight is 713 g/mol. The standard InChI is InChI=1S/C45H40N6O3/c1-53-39-21-9-7-19-37(39)50-43(29-13-11-23-46-25-29)41(33-27-48-35-17-5-3-15-31(33)35)45(52)42(34-28-49-36-18-6-4-16-32(34)36)44(30-14-12-24-47-26-30)51-38-20-8-10-22-40(38)54-2/h3-28,41-44,48-51H,1-2H3. The maximum absolute atomic E-state index is 16.4. The number of carbonyl (C=O) groups is 1. The molecule has 9 nitrogen and oxygen atoms in total. The minimum absolute atomic E-state index is 0.0167. The van der Waals surface area contributed by atoms with Gasteiger partial charge in [0, 0.05) is 59.0 Å². The van der Waals surface area contributed by atoms with E-state index in [0.29, 0.717) is 11.5 Å². The molecule has 4 heterocycles. The summed E-state index contributed by atoms with van der Waals surface area (Å²) < 4.78 is 11.6. The van der Waals surface area contributed by atoms with Crippen molar-refractivity contribution < 1.29 is 14.3 Å². The number of aromatic amines is 2. The van der Waals surface area contributed by atoms with Crippen LogP contribution in [0, 0.1) is 0 Å². The number of H-pyrrole nitrogens is 2. The third kappa shape index (κ3) is 6.63. The molecule has 4 unspecified atom stereocenters. The molecule has 54 heavy (non-hydrogen) atoms. The molecule has 0 amide bonds. The third-order valence-corrected chi connectivity index (χ3v) is 10.1. The number of carbonyl (C=O) groups excluding carboxylic acids is 1. The van der Waals surface area contributed by atoms with Crippen LogP contribution in [0.25, 0.3) is 21.8 Å². The Kier molecular flexibility index (Phi) is 9.76. The molecule has 4 aromatic carbocycles. The molecule has 8 aromatic rings. The molecule has 0 aliphatic carbocycles. The van der Waals surface area contributed by atoms with Crippen molar-refractivity contribution in [3.8, 4) is 11.5 Å². The van der Waals surface area contributed by atoms with Gasteiger partial charge in [-0.05, 0) is 70.8 Å². The van der Waals surface area contributed by atoms with Crippen molar-refractivity contribution >= 4 is 39.0 Å². The molecule has 0 spiro atoms. The number of aromatic nitrogens is 4. The van der Waals surface area contributed by atoms with Crippen molar-refractivity contribution in [2.45, 2.75) is 23.9 Å². The van der Waals surface area contributed by atoms with Gasteiger partial charge in [0.2, 0.25) is 0 Å². The summed E-state index contributed by atoms with van der Waals surface area (Å²) in [5.41, 5.74) is 6.80. The number of ether oxygens (including phenoxy) is 2. The first-order valence-electron chi connectivity index (χ1n) is 17.9. The lowest BCUT2D eigenvalue weighted by atomic mass is 9.74. The second kappa shape index (κ2) is 15.4. The van der Waals surface area contributed by atoms with Gasteiger partial charge in [0.25, 0.3) is 0 Å². The molecule has 9 heteroatoms. The van der Waals surface area contributed by atoms with Gasteiger partial charge in [-0.2, -0.15) is 0 Å². The molecule has 0 radical (unpaired) electrons. The Labute approximate surface area is 313 Å². The minimum Gasteiger partial charge on any atom is -0.495 e. The molecule has 0 bridgehead atoms. The monoisotopic (exact) mass is 712 g/mol. The van der Waals surface area contributed by atoms with Gasteiger partial charge in [-0.3, -0.25) is 14.8 Å². The highest BCUT2D eigenvalue weighted by atomic mass is 16.5. The van der Waals surface area contributed by atoms with Crippen molar-refractivity contribution in [3.63, 3.8) is 0 Å². The number of Topliss-reactive ketones (excluding diaryl/α,β-unsaturated/α-hetero) is 1. The number of hydrogen-bond acceptors (Lipinski definition) is 7. The van der Waals surface area contributed by atoms with Gasteiger partial charge in [0.15, 0.2) is 5.78 Å². The van der Waals surface area contributed by atoms with Crippen LogP contribution in [0.1, 0.15) is 46.2 Å². The number of methoxy groups -OCH3 is 2. The van der Waals surface area contributed by atoms with E-state index in [2.05, 4.69) is 42.7 Å². The highest BCUT2D eigenvalue weighted by Gasteiger charge is 2.43. The zero-order valence-corrected chi connectivity index (χ0v) is 29.9. The summed E-state index contributed by atoms with van der Waals surface area (Å²) in [6.45, 7) is 0. The highest BCUT2D eigenvalue weighted by Crippen LogP contribution is 2.47. The number of rotatable bonds is 14. The lowest BCUT2D eigenvalue weighted by Crippen LogP contribution is -2.34. The van der Waals surface area contributed by atoms with Crippen molar-refractivity contribution in [1.29, 1.82) is 0 Å². The van der Waals surface area contributed by atoms with E-state index in [9.17, 15) is 0 Å². The SMILES string of the molecule is COc1ccccc1NC(c1cccnc1)C(C(=O)C(c1c[nH]c2ccccc12)C(Nc1ccccc1OC)c1cccnc1)c1c[nH]c2ccccc12. The van der Waals surface area contributed by atoms with Gasteiger partial charge >= 0.3 is 0 Å². The van der Waals surface area contributed by atoms with Crippen molar-refractivity contribution in [2.24, 2.45) is 0 Å². The zero-order valence-electron chi connectivity index (χ0n) is 29.9. The summed E-state index contributed by atoms with van der Waals surface area (Å²) >= 11 is 0. The fourth-order valence-electron chi connectivity index (χ4n) is 7.59. The minimum atomic E-state index is -0.743. The Bertz CT molecular complexity index is 2320. The Morgan fingerprint density at radius 1 is 0.556 bits per heavy atom. The molecule has 0 saturated heterocycles. The molecule has 4 N–H and O–H groups in total. The molecular formula is C45H40N6O3. The normalized spacial score (nSPS) is 13.5. The number of nitrogens with zero attached hydrogens (tertiary/aromatic N) is 2. The first-order valence-corrected chi connectivity index (χ1v) is 17.9. The van der Waals surface area contributed by atoms with Gasteiger partial charge in [0.1, 0.15) is 11.5 Å². The molecule has 0 aliphatic heterocycles. The predicted molar refractivity (Wildman–Crippen MR) is 214 cm³/mol. The molecule has 4 atom stereocenters. The number of para-hydroxylation sites is 6. The van der Waals surface area contributed by atoms with E-state index < -0.39 is 23.9 Å². The van der Waals surface area contributed by atoms with E-state index in [0.717, 1.165) is 55.4 Å². The van der Waals surface area contributed by atoms with Crippen LogP contribution >= 0.6 is 0 Å². The maximum atomic E-state index is 16.4. The second-order valence-corrected chi connectivity index (χ2v) is 13.2. The molecule has 0 fully saturated rings. The van der Waals surface area contributed by atoms with Crippen LogP contribution in [0.2, 0.25) is 0 Å². The van der Waals surface area contributed by atoms with Crippen LogP contribution in [-0.4, -0.2) is 39.9 Å². The Morgan fingerprint density at radius 3 is 1.41 bits per heavy atom. The van der Waals surface area contributed by atoms with Gasteiger partial charge in [0.05, 0.1) is 49.5 Å². The Balaban J connectivity index is 1.39. The molecule has 268 valence electrons. The maximum Gasteiger partial charge on any atom is 0.152 e. The smallest absolute Gasteiger partial charge is 0.152 e. The summed E-state index contributed by atoms with van der Waals surface area (Å²) in [7, 11) is 3.30. The van der Waals surface area contributed by atoms with Gasteiger partial charge in [-0.15, -0.1) is 0 Å². The summed E-state index contributed by atoms with van der Waals surface area (Å²) in [4.78, 5) is 32.4. The summed E-state index contributed by atoms with van der Waals surface area (Å²) in [6.07, 6.45) is 11.1. The van der Waals surface area contributed by atoms with Gasteiger partial charge in [-0.1, -0.05) is 72.8 Å². The number of hydrogen-bond donors (Lipinski definition) is 4. The summed E-state index contributed by atoms with van der Waals surface area (Å²) in [5.74, 6) is -0.177. The van der Waals surface area contributed by atoms with E-state index in [1.807, 2.05) is 134 Å². The van der Waals surface area contributed by atoms with Gasteiger partial charge in [-0.25, -0.2) is 0 Å². The average Bonchev–Trinajstić information content (AvgIpc) is 3.86. The van der Waals surface area contributed by atoms with E-state index in [-0.39, 0.29) is 5.78 Å². The number of nitrogens with one attached hydrogen (secondary N) is 4. The second-order valence-electron chi connectivity index (χ2n) is 13.2. The van der Waals surface area contributed by atoms with Crippen LogP contribution in [0.3, 0.4) is 0 Å². The topological polar surface area (TPSA) is 117 Å². The zero-order chi connectivity index (χ0) is 36.9. The van der Waals surface area contributed by atoms with E-state index in [4.69, 9.17) is 9.47 Å². The fourth-order valence-corrected chi connectivity index (χ4v) is 7.59. The number of fused-ring (bicyclic) bond motifs is 2. The Hall–Kier alpha value is -6.87. The number of pyridine rings is 2. The predicted octanol–water partition coefficient (Wildman–Crippen LogP) is 9.60. The van der Waals surface area contributed by atoms with Crippen molar-refractivity contribution in [3.05, 3.63) is 181 Å². The number of ketones is 1. The van der Waals surface area contributed by atoms with Crippen LogP contribution in [0.4, 0.5) is 11.4 Å². The number of benzene rings is 4. The Morgan fingerprint density at radius 2 is 0.981 bits per heavy atom. The van der Waals surface area contributed by atoms with E-state index in [1.54, 1.807) is 26.6 Å². The lowest BCUT2D eigenvalue weighted by molar-refractivity contribution is -0.122. The number of anilines is 2. The van der Waals surface area contributed by atoms with Gasteiger partial charge < -0.3 is 30.1 Å². The van der Waals surface area contributed by atoms with Crippen LogP contribution < -0.4 is 20.1 Å². The summed E-state index contributed by atoms with van der Waals surface area (Å²) in [5, 5.41) is 9.46. The van der Waals surface area contributed by atoms with E-state index >= 15 is 4.79 Å². The van der Waals surface area contributed by atoms with Crippen LogP contribution in [0.15, 0.2) is 159 Å². The largest absolute Gasteiger partial charge is 0.495 e. The van der Waals surface area contributed by atoms with Crippen LogP contribution in [-0.2, 0) is 4.79 Å². The first-order chi connectivity index (χ1) is 26.6.